The molecule has 114 valence electrons. The largest absolute Gasteiger partial charge is 0.490 e. The van der Waals surface area contributed by atoms with Gasteiger partial charge in [-0.25, -0.2) is 0 Å². The highest BCUT2D eigenvalue weighted by Crippen LogP contribution is 2.25. The molecule has 0 amide bonds. The summed E-state index contributed by atoms with van der Waals surface area (Å²) in [6.07, 6.45) is 0.163. The molecule has 4 heteroatoms. The number of nitrogens with zero attached hydrogens (tertiary/aromatic N) is 1. The van der Waals surface area contributed by atoms with Crippen LogP contribution in [0.3, 0.4) is 0 Å². The van der Waals surface area contributed by atoms with Crippen LogP contribution in [0.5, 0.6) is 5.75 Å². The Balaban J connectivity index is 0.00000161. The van der Waals surface area contributed by atoms with Crippen molar-refractivity contribution in [3.05, 3.63) is 42.5 Å². The topological polar surface area (TPSA) is 21.7 Å². The van der Waals surface area contributed by atoms with Gasteiger partial charge in [-0.3, -0.25) is 4.90 Å². The van der Waals surface area contributed by atoms with Crippen molar-refractivity contribution in [3.63, 3.8) is 0 Å². The van der Waals surface area contributed by atoms with Gasteiger partial charge in [-0.1, -0.05) is 36.4 Å². The van der Waals surface area contributed by atoms with Crippen LogP contribution < -0.4 is 4.74 Å². The molecule has 0 radical (unpaired) electrons. The molecular weight excluding hydrogens is 286 g/mol. The second-order valence-corrected chi connectivity index (χ2v) is 5.57. The lowest BCUT2D eigenvalue weighted by molar-refractivity contribution is 0.0554. The number of hydrogen-bond donors (Lipinski definition) is 0. The van der Waals surface area contributed by atoms with Crippen LogP contribution >= 0.6 is 12.4 Å². The SMILES string of the molecule is CC(C)N1COC(COc2cccc3ccccc23)C1.Cl. The zero-order chi connectivity index (χ0) is 13.9. The predicted molar refractivity (Wildman–Crippen MR) is 88.3 cm³/mol. The molecule has 0 spiro atoms. The van der Waals surface area contributed by atoms with Crippen molar-refractivity contribution < 1.29 is 9.47 Å². The number of fused-ring (bicyclic) bond motifs is 1. The predicted octanol–water partition coefficient (Wildman–Crippen LogP) is 3.71. The maximum Gasteiger partial charge on any atom is 0.127 e. The Bertz CT molecular complexity index is 583. The Morgan fingerprint density at radius 3 is 2.71 bits per heavy atom. The summed E-state index contributed by atoms with van der Waals surface area (Å²) in [4.78, 5) is 2.32. The molecule has 2 aromatic carbocycles. The van der Waals surface area contributed by atoms with Gasteiger partial charge in [-0.2, -0.15) is 0 Å². The van der Waals surface area contributed by atoms with E-state index in [1.165, 1.54) is 5.39 Å². The van der Waals surface area contributed by atoms with Crippen molar-refractivity contribution in [2.75, 3.05) is 19.9 Å². The fraction of sp³-hybridized carbons (Fsp3) is 0.412. The Morgan fingerprint density at radius 2 is 1.95 bits per heavy atom. The highest BCUT2D eigenvalue weighted by molar-refractivity contribution is 5.88. The first kappa shape index (κ1) is 16.1. The van der Waals surface area contributed by atoms with Crippen molar-refractivity contribution >= 4 is 23.2 Å². The molecule has 0 aliphatic carbocycles. The second kappa shape index (κ2) is 7.12. The molecule has 1 aliphatic heterocycles. The zero-order valence-corrected chi connectivity index (χ0v) is 13.3. The summed E-state index contributed by atoms with van der Waals surface area (Å²) in [6.45, 7) is 6.65. The average Bonchev–Trinajstić information content (AvgIpc) is 2.94. The van der Waals surface area contributed by atoms with Crippen LogP contribution in [0.25, 0.3) is 10.8 Å². The molecule has 3 rings (SSSR count). The van der Waals surface area contributed by atoms with Crippen LogP contribution in [-0.4, -0.2) is 36.9 Å². The van der Waals surface area contributed by atoms with Gasteiger partial charge >= 0.3 is 0 Å². The summed E-state index contributed by atoms with van der Waals surface area (Å²) in [7, 11) is 0. The summed E-state index contributed by atoms with van der Waals surface area (Å²) in [5, 5.41) is 2.37. The Kier molecular flexibility index (Phi) is 5.45. The van der Waals surface area contributed by atoms with Crippen LogP contribution in [-0.2, 0) is 4.74 Å². The normalized spacial score (nSPS) is 18.9. The Morgan fingerprint density at radius 1 is 1.19 bits per heavy atom. The Hall–Kier alpha value is -1.29. The summed E-state index contributed by atoms with van der Waals surface area (Å²) in [5.74, 6) is 0.940. The van der Waals surface area contributed by atoms with E-state index < -0.39 is 0 Å². The molecule has 1 saturated heterocycles. The van der Waals surface area contributed by atoms with E-state index in [1.807, 2.05) is 24.3 Å². The summed E-state index contributed by atoms with van der Waals surface area (Å²) in [6, 6.07) is 15.0. The summed E-state index contributed by atoms with van der Waals surface area (Å²) >= 11 is 0. The Labute approximate surface area is 132 Å². The molecular formula is C17H22ClNO2. The molecule has 1 heterocycles. The first-order chi connectivity index (χ1) is 9.74. The zero-order valence-electron chi connectivity index (χ0n) is 12.5. The van der Waals surface area contributed by atoms with Crippen LogP contribution in [0, 0.1) is 0 Å². The van der Waals surface area contributed by atoms with Gasteiger partial charge in [0, 0.05) is 18.0 Å². The lowest BCUT2D eigenvalue weighted by atomic mass is 10.1. The van der Waals surface area contributed by atoms with E-state index in [-0.39, 0.29) is 18.5 Å². The summed E-state index contributed by atoms with van der Waals surface area (Å²) in [5.41, 5.74) is 0. The third-order valence-corrected chi connectivity index (χ3v) is 3.82. The van der Waals surface area contributed by atoms with Gasteiger partial charge in [0.25, 0.3) is 0 Å². The minimum absolute atomic E-state index is 0. The fourth-order valence-electron chi connectivity index (χ4n) is 2.53. The van der Waals surface area contributed by atoms with Gasteiger partial charge in [-0.15, -0.1) is 12.4 Å². The van der Waals surface area contributed by atoms with Gasteiger partial charge in [0.05, 0.1) is 6.73 Å². The van der Waals surface area contributed by atoms with Crippen molar-refractivity contribution in [3.8, 4) is 5.75 Å². The smallest absolute Gasteiger partial charge is 0.127 e. The lowest BCUT2D eigenvalue weighted by Crippen LogP contribution is -2.30. The molecule has 21 heavy (non-hydrogen) atoms. The van der Waals surface area contributed by atoms with Crippen LogP contribution in [0.2, 0.25) is 0 Å². The molecule has 0 bridgehead atoms. The van der Waals surface area contributed by atoms with Gasteiger partial charge in [0.1, 0.15) is 18.5 Å². The molecule has 0 aromatic heterocycles. The number of halogens is 1. The van der Waals surface area contributed by atoms with Crippen LogP contribution in [0.15, 0.2) is 42.5 Å². The van der Waals surface area contributed by atoms with E-state index in [1.54, 1.807) is 0 Å². The third-order valence-electron chi connectivity index (χ3n) is 3.82. The molecule has 0 saturated carbocycles. The van der Waals surface area contributed by atoms with E-state index in [9.17, 15) is 0 Å². The minimum atomic E-state index is 0. The van der Waals surface area contributed by atoms with E-state index in [4.69, 9.17) is 9.47 Å². The van der Waals surface area contributed by atoms with E-state index >= 15 is 0 Å². The van der Waals surface area contributed by atoms with Crippen molar-refractivity contribution in [1.29, 1.82) is 0 Å². The van der Waals surface area contributed by atoms with Gasteiger partial charge in [0.2, 0.25) is 0 Å². The van der Waals surface area contributed by atoms with Crippen molar-refractivity contribution in [2.45, 2.75) is 26.0 Å². The monoisotopic (exact) mass is 307 g/mol. The minimum Gasteiger partial charge on any atom is -0.490 e. The van der Waals surface area contributed by atoms with Gasteiger partial charge < -0.3 is 9.47 Å². The molecule has 1 aliphatic rings. The number of hydrogen-bond acceptors (Lipinski definition) is 3. The lowest BCUT2D eigenvalue weighted by Gasteiger charge is -2.17. The molecule has 1 unspecified atom stereocenters. The van der Waals surface area contributed by atoms with Crippen molar-refractivity contribution in [2.24, 2.45) is 0 Å². The third kappa shape index (κ3) is 3.67. The maximum absolute atomic E-state index is 5.98. The number of benzene rings is 2. The quantitative estimate of drug-likeness (QED) is 0.859. The van der Waals surface area contributed by atoms with E-state index in [2.05, 4.69) is 36.9 Å². The number of rotatable bonds is 4. The van der Waals surface area contributed by atoms with Gasteiger partial charge in [-0.05, 0) is 25.3 Å². The van der Waals surface area contributed by atoms with Crippen LogP contribution in [0.4, 0.5) is 0 Å². The highest BCUT2D eigenvalue weighted by atomic mass is 35.5. The molecule has 3 nitrogen and oxygen atoms in total. The molecule has 0 N–H and O–H groups in total. The first-order valence-corrected chi connectivity index (χ1v) is 7.20. The number of ether oxygens (including phenoxy) is 2. The molecule has 1 fully saturated rings. The molecule has 2 aromatic rings. The second-order valence-electron chi connectivity index (χ2n) is 5.57. The van der Waals surface area contributed by atoms with Gasteiger partial charge in [0.15, 0.2) is 0 Å². The first-order valence-electron chi connectivity index (χ1n) is 7.20. The molecule has 1 atom stereocenters. The van der Waals surface area contributed by atoms with E-state index in [0.717, 1.165) is 17.7 Å². The summed E-state index contributed by atoms with van der Waals surface area (Å²) < 4.78 is 11.7. The average molecular weight is 308 g/mol. The maximum atomic E-state index is 5.98. The van der Waals surface area contributed by atoms with E-state index in [0.29, 0.717) is 19.4 Å². The van der Waals surface area contributed by atoms with Crippen LogP contribution in [0.1, 0.15) is 13.8 Å². The van der Waals surface area contributed by atoms with Crippen molar-refractivity contribution in [1.82, 2.24) is 4.90 Å². The fourth-order valence-corrected chi connectivity index (χ4v) is 2.53. The highest BCUT2D eigenvalue weighted by Gasteiger charge is 2.25. The standard InChI is InChI=1S/C17H21NO2.ClH/c1-13(2)18-10-15(20-12-18)11-19-17-9-5-7-14-6-3-4-8-16(14)17;/h3-9,13,15H,10-12H2,1-2H3;1H.